The lowest BCUT2D eigenvalue weighted by Crippen LogP contribution is -2.50. The predicted molar refractivity (Wildman–Crippen MR) is 70.8 cm³/mol. The molecule has 0 radical (unpaired) electrons. The van der Waals surface area contributed by atoms with Gasteiger partial charge in [0.05, 0.1) is 0 Å². The highest BCUT2D eigenvalue weighted by Gasteiger charge is 2.24. The number of nitrogens with one attached hydrogen (secondary N) is 1. The maximum Gasteiger partial charge on any atom is 0.0212 e. The first-order valence-electron chi connectivity index (χ1n) is 6.63. The minimum absolute atomic E-state index is 0.673. The third-order valence-electron chi connectivity index (χ3n) is 3.93. The maximum atomic E-state index is 3.76. The zero-order valence-corrected chi connectivity index (χ0v) is 11.7. The van der Waals surface area contributed by atoms with Gasteiger partial charge in [0.1, 0.15) is 0 Å². The highest BCUT2D eigenvalue weighted by molar-refractivity contribution is 4.83. The normalized spacial score (nSPS) is 29.6. The smallest absolute Gasteiger partial charge is 0.0212 e. The molecule has 0 aliphatic carbocycles. The molecule has 0 saturated carbocycles. The van der Waals surface area contributed by atoms with E-state index in [1.54, 1.807) is 0 Å². The van der Waals surface area contributed by atoms with Gasteiger partial charge in [-0.1, -0.05) is 13.8 Å². The van der Waals surface area contributed by atoms with E-state index in [4.69, 9.17) is 0 Å². The van der Waals surface area contributed by atoms with Crippen molar-refractivity contribution in [1.82, 2.24) is 15.1 Å². The number of hydrogen-bond acceptors (Lipinski definition) is 3. The summed E-state index contributed by atoms with van der Waals surface area (Å²) >= 11 is 0. The molecule has 1 saturated heterocycles. The van der Waals surface area contributed by atoms with Gasteiger partial charge in [0, 0.05) is 25.2 Å². The molecule has 3 nitrogen and oxygen atoms in total. The zero-order valence-electron chi connectivity index (χ0n) is 11.7. The fourth-order valence-electron chi connectivity index (χ4n) is 2.64. The van der Waals surface area contributed by atoms with E-state index in [0.29, 0.717) is 12.1 Å². The number of likely N-dealkylation sites (N-methyl/N-ethyl adjacent to an activating group) is 1. The van der Waals surface area contributed by atoms with E-state index in [9.17, 15) is 0 Å². The van der Waals surface area contributed by atoms with Crippen molar-refractivity contribution in [3.8, 4) is 0 Å². The fraction of sp³-hybridized carbons (Fsp3) is 1.00. The second-order valence-electron chi connectivity index (χ2n) is 5.57. The van der Waals surface area contributed by atoms with E-state index in [2.05, 4.69) is 50.1 Å². The molecule has 0 aromatic heterocycles. The van der Waals surface area contributed by atoms with Gasteiger partial charge in [-0.25, -0.2) is 0 Å². The molecular formula is C13H29N3. The van der Waals surface area contributed by atoms with Gasteiger partial charge in [-0.15, -0.1) is 0 Å². The standard InChI is InChI=1S/C13H29N3/c1-6-12(15(3)4)9-14-13-7-8-16(5)10-11(13)2/h11-14H,6-10H2,1-5H3. The maximum absolute atomic E-state index is 3.76. The minimum Gasteiger partial charge on any atom is -0.312 e. The molecule has 1 aliphatic rings. The van der Waals surface area contributed by atoms with Crippen molar-refractivity contribution in [2.75, 3.05) is 40.8 Å². The summed E-state index contributed by atoms with van der Waals surface area (Å²) in [6, 6.07) is 1.39. The SMILES string of the molecule is CCC(CNC1CCN(C)CC1C)N(C)C. The first kappa shape index (κ1) is 13.9. The highest BCUT2D eigenvalue weighted by atomic mass is 15.1. The van der Waals surface area contributed by atoms with Crippen LogP contribution >= 0.6 is 0 Å². The van der Waals surface area contributed by atoms with Crippen LogP contribution in [0.2, 0.25) is 0 Å². The van der Waals surface area contributed by atoms with Gasteiger partial charge in [0.15, 0.2) is 0 Å². The van der Waals surface area contributed by atoms with E-state index < -0.39 is 0 Å². The Balaban J connectivity index is 2.31. The van der Waals surface area contributed by atoms with Gasteiger partial charge >= 0.3 is 0 Å². The van der Waals surface area contributed by atoms with E-state index in [1.807, 2.05) is 0 Å². The third-order valence-corrected chi connectivity index (χ3v) is 3.93. The van der Waals surface area contributed by atoms with Crippen LogP contribution in [0.25, 0.3) is 0 Å². The monoisotopic (exact) mass is 227 g/mol. The summed E-state index contributed by atoms with van der Waals surface area (Å²) in [6.45, 7) is 8.23. The van der Waals surface area contributed by atoms with Crippen LogP contribution in [-0.4, -0.2) is 62.7 Å². The van der Waals surface area contributed by atoms with Crippen LogP contribution < -0.4 is 5.32 Å². The fourth-order valence-corrected chi connectivity index (χ4v) is 2.64. The lowest BCUT2D eigenvalue weighted by molar-refractivity contribution is 0.164. The Bertz CT molecular complexity index is 194. The number of hydrogen-bond donors (Lipinski definition) is 1. The van der Waals surface area contributed by atoms with Gasteiger partial charge in [-0.05, 0) is 46.4 Å². The Morgan fingerprint density at radius 3 is 2.62 bits per heavy atom. The predicted octanol–water partition coefficient (Wildman–Crippen LogP) is 1.26. The second kappa shape index (κ2) is 6.58. The van der Waals surface area contributed by atoms with E-state index >= 15 is 0 Å². The van der Waals surface area contributed by atoms with Crippen LogP contribution in [0, 0.1) is 5.92 Å². The molecule has 1 fully saturated rings. The summed E-state index contributed by atoms with van der Waals surface area (Å²) < 4.78 is 0. The summed E-state index contributed by atoms with van der Waals surface area (Å²) in [7, 11) is 6.57. The van der Waals surface area contributed by atoms with Crippen molar-refractivity contribution in [3.05, 3.63) is 0 Å². The van der Waals surface area contributed by atoms with Gasteiger partial charge in [0.2, 0.25) is 0 Å². The average Bonchev–Trinajstić information content (AvgIpc) is 2.21. The lowest BCUT2D eigenvalue weighted by Gasteiger charge is -2.36. The van der Waals surface area contributed by atoms with Gasteiger partial charge in [0.25, 0.3) is 0 Å². The van der Waals surface area contributed by atoms with Crippen LogP contribution in [0.3, 0.4) is 0 Å². The number of rotatable bonds is 5. The molecule has 3 atom stereocenters. The molecular weight excluding hydrogens is 198 g/mol. The minimum atomic E-state index is 0.673. The molecule has 96 valence electrons. The Labute approximate surface area is 101 Å². The molecule has 0 amide bonds. The van der Waals surface area contributed by atoms with Crippen LogP contribution in [0.1, 0.15) is 26.7 Å². The van der Waals surface area contributed by atoms with Crippen LogP contribution in [0.4, 0.5) is 0 Å². The Kier molecular flexibility index (Phi) is 5.73. The molecule has 0 aromatic rings. The van der Waals surface area contributed by atoms with Gasteiger partial charge < -0.3 is 15.1 Å². The average molecular weight is 227 g/mol. The molecule has 0 aromatic carbocycles. The molecule has 1 N–H and O–H groups in total. The summed E-state index contributed by atoms with van der Waals surface area (Å²) in [5.41, 5.74) is 0. The number of nitrogens with zero attached hydrogens (tertiary/aromatic N) is 2. The highest BCUT2D eigenvalue weighted by Crippen LogP contribution is 2.15. The lowest BCUT2D eigenvalue weighted by atomic mass is 9.94. The Hall–Kier alpha value is -0.120. The van der Waals surface area contributed by atoms with Crippen LogP contribution in [-0.2, 0) is 0 Å². The van der Waals surface area contributed by atoms with Crippen molar-refractivity contribution in [2.24, 2.45) is 5.92 Å². The van der Waals surface area contributed by atoms with Crippen molar-refractivity contribution in [3.63, 3.8) is 0 Å². The summed E-state index contributed by atoms with van der Waals surface area (Å²) in [5, 5.41) is 3.76. The summed E-state index contributed by atoms with van der Waals surface area (Å²) in [4.78, 5) is 4.76. The van der Waals surface area contributed by atoms with Crippen LogP contribution in [0.5, 0.6) is 0 Å². The second-order valence-corrected chi connectivity index (χ2v) is 5.57. The van der Waals surface area contributed by atoms with E-state index in [0.717, 1.165) is 12.5 Å². The molecule has 0 spiro atoms. The topological polar surface area (TPSA) is 18.5 Å². The molecule has 3 unspecified atom stereocenters. The van der Waals surface area contributed by atoms with E-state index in [1.165, 1.54) is 25.9 Å². The van der Waals surface area contributed by atoms with E-state index in [-0.39, 0.29) is 0 Å². The molecule has 1 aliphatic heterocycles. The third kappa shape index (κ3) is 4.04. The molecule has 1 rings (SSSR count). The molecule has 3 heteroatoms. The summed E-state index contributed by atoms with van der Waals surface area (Å²) in [6.07, 6.45) is 2.52. The quantitative estimate of drug-likeness (QED) is 0.763. The van der Waals surface area contributed by atoms with Crippen molar-refractivity contribution < 1.29 is 0 Å². The van der Waals surface area contributed by atoms with Crippen molar-refractivity contribution >= 4 is 0 Å². The first-order valence-corrected chi connectivity index (χ1v) is 6.63. The van der Waals surface area contributed by atoms with Crippen molar-refractivity contribution in [2.45, 2.75) is 38.8 Å². The zero-order chi connectivity index (χ0) is 12.1. The van der Waals surface area contributed by atoms with Crippen molar-refractivity contribution in [1.29, 1.82) is 0 Å². The van der Waals surface area contributed by atoms with Gasteiger partial charge in [-0.2, -0.15) is 0 Å². The molecule has 16 heavy (non-hydrogen) atoms. The molecule has 0 bridgehead atoms. The Morgan fingerprint density at radius 1 is 1.44 bits per heavy atom. The van der Waals surface area contributed by atoms with Crippen LogP contribution in [0.15, 0.2) is 0 Å². The number of piperidine rings is 1. The largest absolute Gasteiger partial charge is 0.312 e. The van der Waals surface area contributed by atoms with Gasteiger partial charge in [-0.3, -0.25) is 0 Å². The number of likely N-dealkylation sites (tertiary alicyclic amines) is 1. The first-order chi connectivity index (χ1) is 7.54. The Morgan fingerprint density at radius 2 is 2.12 bits per heavy atom. The summed E-state index contributed by atoms with van der Waals surface area (Å²) in [5.74, 6) is 0.776. The molecule has 1 heterocycles.